The molecule has 1 unspecified atom stereocenters. The Morgan fingerprint density at radius 2 is 1.36 bits per heavy atom. The van der Waals surface area contributed by atoms with Crippen molar-refractivity contribution in [2.45, 2.75) is 76.9 Å². The van der Waals surface area contributed by atoms with E-state index in [4.69, 9.17) is 9.47 Å². The minimum absolute atomic E-state index is 0. The third kappa shape index (κ3) is 15.3. The van der Waals surface area contributed by atoms with Gasteiger partial charge < -0.3 is 14.0 Å². The molecule has 0 aliphatic carbocycles. The molecular formula is C16H29KO7S. The molecule has 0 heterocycles. The zero-order valence-electron chi connectivity index (χ0n) is 15.6. The second-order valence-corrected chi connectivity index (χ2v) is 7.25. The summed E-state index contributed by atoms with van der Waals surface area (Å²) < 4.78 is 43.3. The van der Waals surface area contributed by atoms with E-state index in [2.05, 4.69) is 0 Å². The van der Waals surface area contributed by atoms with E-state index in [0.717, 1.165) is 38.5 Å². The van der Waals surface area contributed by atoms with E-state index in [1.807, 2.05) is 13.8 Å². The van der Waals surface area contributed by atoms with Crippen LogP contribution >= 0.6 is 0 Å². The first-order valence-electron chi connectivity index (χ1n) is 8.59. The molecule has 0 aromatic rings. The summed E-state index contributed by atoms with van der Waals surface area (Å²) in [6.45, 7) is 4.26. The summed E-state index contributed by atoms with van der Waals surface area (Å²) in [6, 6.07) is 0. The van der Waals surface area contributed by atoms with Gasteiger partial charge in [-0.05, 0) is 12.8 Å². The van der Waals surface area contributed by atoms with Gasteiger partial charge >= 0.3 is 63.3 Å². The molecule has 142 valence electrons. The van der Waals surface area contributed by atoms with Crippen LogP contribution in [0.1, 0.15) is 71.6 Å². The van der Waals surface area contributed by atoms with E-state index in [0.29, 0.717) is 12.8 Å². The van der Waals surface area contributed by atoms with Gasteiger partial charge in [-0.2, -0.15) is 0 Å². The number of carbonyl (C=O) groups excluding carboxylic acids is 2. The van der Waals surface area contributed by atoms with E-state index >= 15 is 0 Å². The van der Waals surface area contributed by atoms with Crippen LogP contribution in [0, 0.1) is 0 Å². The van der Waals surface area contributed by atoms with Crippen molar-refractivity contribution in [2.75, 3.05) is 13.2 Å². The zero-order valence-corrected chi connectivity index (χ0v) is 19.6. The molecule has 0 N–H and O–H groups in total. The molecule has 0 radical (unpaired) electrons. The fraction of sp³-hybridized carbons (Fsp3) is 0.875. The molecule has 0 aromatic carbocycles. The van der Waals surface area contributed by atoms with E-state index < -0.39 is 33.7 Å². The van der Waals surface area contributed by atoms with E-state index in [-0.39, 0.29) is 64.6 Å². The van der Waals surface area contributed by atoms with Crippen LogP contribution in [-0.4, -0.2) is 43.4 Å². The molecule has 9 heteroatoms. The summed E-state index contributed by atoms with van der Waals surface area (Å²) >= 11 is 0. The van der Waals surface area contributed by atoms with Crippen LogP contribution in [0.2, 0.25) is 0 Å². The van der Waals surface area contributed by atoms with Gasteiger partial charge in [-0.15, -0.1) is 0 Å². The smallest absolute Gasteiger partial charge is 0.747 e. The van der Waals surface area contributed by atoms with Gasteiger partial charge in [0, 0.05) is 0 Å². The largest absolute Gasteiger partial charge is 1.00 e. The van der Waals surface area contributed by atoms with Crippen LogP contribution < -0.4 is 51.4 Å². The van der Waals surface area contributed by atoms with Gasteiger partial charge in [0.1, 0.15) is 10.1 Å². The summed E-state index contributed by atoms with van der Waals surface area (Å²) in [5.74, 6) is -2.05. The minimum atomic E-state index is -4.97. The standard InChI is InChI=1S/C16H30O7S.K/c1-3-5-7-9-11-22-15(17)13-14(24(19,20)21)16(18)23-12-10-8-6-4-2;/h14H,3-13H2,1-2H3,(H,19,20,21);/q;+1/p-1. The number of carbonyl (C=O) groups is 2. The molecular weight excluding hydrogens is 375 g/mol. The van der Waals surface area contributed by atoms with Crippen molar-refractivity contribution in [1.82, 2.24) is 0 Å². The number of hydrogen-bond acceptors (Lipinski definition) is 7. The summed E-state index contributed by atoms with van der Waals surface area (Å²) in [6.07, 6.45) is 6.23. The van der Waals surface area contributed by atoms with Crippen molar-refractivity contribution < 1.29 is 83.4 Å². The molecule has 25 heavy (non-hydrogen) atoms. The summed E-state index contributed by atoms with van der Waals surface area (Å²) in [5, 5.41) is -2.04. The number of ether oxygens (including phenoxy) is 2. The number of hydrogen-bond donors (Lipinski definition) is 0. The van der Waals surface area contributed by atoms with Crippen molar-refractivity contribution >= 4 is 22.1 Å². The molecule has 7 nitrogen and oxygen atoms in total. The van der Waals surface area contributed by atoms with Crippen LogP contribution in [0.5, 0.6) is 0 Å². The normalized spacial score (nSPS) is 12.1. The van der Waals surface area contributed by atoms with E-state index in [9.17, 15) is 22.6 Å². The Morgan fingerprint density at radius 1 is 0.880 bits per heavy atom. The Labute approximate surface area is 193 Å². The predicted molar refractivity (Wildman–Crippen MR) is 88.3 cm³/mol. The molecule has 0 saturated heterocycles. The van der Waals surface area contributed by atoms with E-state index in [1.54, 1.807) is 0 Å². The molecule has 0 fully saturated rings. The Kier molecular flexibility index (Phi) is 18.4. The molecule has 0 rings (SSSR count). The molecule has 0 spiro atoms. The number of rotatable bonds is 14. The maximum atomic E-state index is 11.8. The Bertz CT molecular complexity index is 465. The molecule has 0 aliphatic heterocycles. The van der Waals surface area contributed by atoms with Crippen LogP contribution in [0.15, 0.2) is 0 Å². The fourth-order valence-corrected chi connectivity index (χ4v) is 2.67. The molecule has 0 amide bonds. The third-order valence-corrected chi connectivity index (χ3v) is 4.52. The monoisotopic (exact) mass is 404 g/mol. The molecule has 0 aliphatic rings. The van der Waals surface area contributed by atoms with Gasteiger partial charge in [-0.1, -0.05) is 52.4 Å². The second kappa shape index (κ2) is 16.6. The molecule has 0 aromatic heterocycles. The van der Waals surface area contributed by atoms with Crippen LogP contribution in [0.4, 0.5) is 0 Å². The van der Waals surface area contributed by atoms with Gasteiger partial charge in [-0.3, -0.25) is 9.59 Å². The Morgan fingerprint density at radius 3 is 1.80 bits per heavy atom. The molecule has 0 saturated carbocycles. The Balaban J connectivity index is 0. The van der Waals surface area contributed by atoms with Crippen molar-refractivity contribution in [3.8, 4) is 0 Å². The topological polar surface area (TPSA) is 110 Å². The summed E-state index contributed by atoms with van der Waals surface area (Å²) in [7, 11) is -4.97. The maximum Gasteiger partial charge on any atom is 1.00 e. The number of esters is 2. The van der Waals surface area contributed by atoms with Crippen LogP contribution in [0.3, 0.4) is 0 Å². The van der Waals surface area contributed by atoms with Gasteiger partial charge in [0.15, 0.2) is 5.25 Å². The van der Waals surface area contributed by atoms with Gasteiger partial charge in [0.2, 0.25) is 0 Å². The predicted octanol–water partition coefficient (Wildman–Crippen LogP) is -0.459. The molecule has 0 bridgehead atoms. The van der Waals surface area contributed by atoms with Crippen LogP contribution in [-0.2, 0) is 29.2 Å². The first-order chi connectivity index (χ1) is 11.3. The van der Waals surface area contributed by atoms with E-state index in [1.165, 1.54) is 0 Å². The first-order valence-corrected chi connectivity index (χ1v) is 10.1. The summed E-state index contributed by atoms with van der Waals surface area (Å²) in [5.41, 5.74) is 0. The average molecular weight is 405 g/mol. The van der Waals surface area contributed by atoms with Crippen molar-refractivity contribution in [2.24, 2.45) is 0 Å². The third-order valence-electron chi connectivity index (χ3n) is 3.47. The fourth-order valence-electron chi connectivity index (χ4n) is 2.02. The van der Waals surface area contributed by atoms with Crippen molar-refractivity contribution in [1.29, 1.82) is 0 Å². The Hall–Kier alpha value is 0.486. The maximum absolute atomic E-state index is 11.8. The molecule has 1 atom stereocenters. The summed E-state index contributed by atoms with van der Waals surface area (Å²) in [4.78, 5) is 23.4. The van der Waals surface area contributed by atoms with Gasteiger partial charge in [-0.25, -0.2) is 8.42 Å². The quantitative estimate of drug-likeness (QED) is 0.167. The SMILES string of the molecule is CCCCCCOC(=O)CC(C(=O)OCCCCCC)S(=O)(=O)[O-].[K+]. The van der Waals surface area contributed by atoms with Crippen molar-refractivity contribution in [3.63, 3.8) is 0 Å². The van der Waals surface area contributed by atoms with Crippen molar-refractivity contribution in [3.05, 3.63) is 0 Å². The minimum Gasteiger partial charge on any atom is -0.747 e. The number of unbranched alkanes of at least 4 members (excludes halogenated alkanes) is 6. The second-order valence-electron chi connectivity index (χ2n) is 5.69. The van der Waals surface area contributed by atoms with Crippen LogP contribution in [0.25, 0.3) is 0 Å². The average Bonchev–Trinajstić information content (AvgIpc) is 2.51. The van der Waals surface area contributed by atoms with Gasteiger partial charge in [0.25, 0.3) is 0 Å². The first kappa shape index (κ1) is 27.7. The van der Waals surface area contributed by atoms with Gasteiger partial charge in [0.05, 0.1) is 19.6 Å². The zero-order chi connectivity index (χ0) is 18.4.